The minimum Gasteiger partial charge on any atom is -0.477 e. The van der Waals surface area contributed by atoms with E-state index in [4.69, 9.17) is 5.11 Å². The predicted octanol–water partition coefficient (Wildman–Crippen LogP) is 1.95. The SMILES string of the molecule is O=C(O)C1=Nc2ccccc2SC1. The predicted molar refractivity (Wildman–Crippen MR) is 51.9 cm³/mol. The van der Waals surface area contributed by atoms with Crippen LogP contribution in [0.25, 0.3) is 0 Å². The monoisotopic (exact) mass is 193 g/mol. The molecule has 0 saturated carbocycles. The Morgan fingerprint density at radius 1 is 1.46 bits per heavy atom. The van der Waals surface area contributed by atoms with Crippen LogP contribution in [0.1, 0.15) is 0 Å². The molecule has 1 N–H and O–H groups in total. The fourth-order valence-corrected chi connectivity index (χ4v) is 2.02. The van der Waals surface area contributed by atoms with Gasteiger partial charge in [0.05, 0.1) is 5.69 Å². The first-order valence-electron chi connectivity index (χ1n) is 3.80. The highest BCUT2D eigenvalue weighted by Gasteiger charge is 2.16. The van der Waals surface area contributed by atoms with Crippen molar-refractivity contribution in [3.8, 4) is 0 Å². The zero-order chi connectivity index (χ0) is 9.26. The van der Waals surface area contributed by atoms with E-state index in [2.05, 4.69) is 4.99 Å². The lowest BCUT2D eigenvalue weighted by molar-refractivity contribution is -0.129. The van der Waals surface area contributed by atoms with Crippen LogP contribution in [0.4, 0.5) is 5.69 Å². The Morgan fingerprint density at radius 2 is 2.23 bits per heavy atom. The summed E-state index contributed by atoms with van der Waals surface area (Å²) in [5, 5.41) is 8.72. The molecule has 0 aliphatic carbocycles. The highest BCUT2D eigenvalue weighted by molar-refractivity contribution is 8.00. The Hall–Kier alpha value is -1.29. The summed E-state index contributed by atoms with van der Waals surface area (Å²) in [6, 6.07) is 7.55. The van der Waals surface area contributed by atoms with Crippen molar-refractivity contribution < 1.29 is 9.90 Å². The zero-order valence-corrected chi connectivity index (χ0v) is 7.54. The number of benzene rings is 1. The maximum absolute atomic E-state index is 10.6. The molecule has 2 rings (SSSR count). The minimum atomic E-state index is -0.929. The third kappa shape index (κ3) is 1.58. The first-order chi connectivity index (χ1) is 6.27. The summed E-state index contributed by atoms with van der Waals surface area (Å²) in [5.41, 5.74) is 0.986. The highest BCUT2D eigenvalue weighted by Crippen LogP contribution is 2.33. The number of rotatable bonds is 1. The third-order valence-electron chi connectivity index (χ3n) is 1.73. The van der Waals surface area contributed by atoms with E-state index in [1.165, 1.54) is 11.8 Å². The number of fused-ring (bicyclic) bond motifs is 1. The molecule has 3 nitrogen and oxygen atoms in total. The number of nitrogens with zero attached hydrogens (tertiary/aromatic N) is 1. The van der Waals surface area contributed by atoms with Gasteiger partial charge in [0.2, 0.25) is 0 Å². The van der Waals surface area contributed by atoms with Gasteiger partial charge in [-0.1, -0.05) is 12.1 Å². The molecule has 1 aliphatic heterocycles. The van der Waals surface area contributed by atoms with Crippen molar-refractivity contribution in [1.82, 2.24) is 0 Å². The summed E-state index contributed by atoms with van der Waals surface area (Å²) in [4.78, 5) is 15.7. The standard InChI is InChI=1S/C9H7NO2S/c11-9(12)7-5-13-8-4-2-1-3-6(8)10-7/h1-4H,5H2,(H,11,12). The summed E-state index contributed by atoms with van der Waals surface area (Å²) in [6.07, 6.45) is 0. The lowest BCUT2D eigenvalue weighted by Gasteiger charge is -2.11. The number of carboxylic acids is 1. The molecule has 0 atom stereocenters. The smallest absolute Gasteiger partial charge is 0.351 e. The van der Waals surface area contributed by atoms with Gasteiger partial charge in [0.25, 0.3) is 0 Å². The van der Waals surface area contributed by atoms with Crippen molar-refractivity contribution in [2.24, 2.45) is 4.99 Å². The molecular weight excluding hydrogens is 186 g/mol. The van der Waals surface area contributed by atoms with Crippen LogP contribution in [-0.4, -0.2) is 22.5 Å². The number of aliphatic carboxylic acids is 1. The van der Waals surface area contributed by atoms with Crippen LogP contribution < -0.4 is 0 Å². The van der Waals surface area contributed by atoms with E-state index in [9.17, 15) is 4.79 Å². The van der Waals surface area contributed by atoms with E-state index < -0.39 is 5.97 Å². The van der Waals surface area contributed by atoms with Crippen LogP contribution in [-0.2, 0) is 4.79 Å². The number of hydrogen-bond acceptors (Lipinski definition) is 3. The van der Waals surface area contributed by atoms with E-state index in [1.807, 2.05) is 24.3 Å². The van der Waals surface area contributed by atoms with Gasteiger partial charge in [-0.3, -0.25) is 0 Å². The molecule has 0 amide bonds. The van der Waals surface area contributed by atoms with E-state index in [1.54, 1.807) is 0 Å². The number of carbonyl (C=O) groups is 1. The second kappa shape index (κ2) is 3.22. The molecule has 0 radical (unpaired) electrons. The quantitative estimate of drug-likeness (QED) is 0.741. The number of thioether (sulfide) groups is 1. The number of hydrogen-bond donors (Lipinski definition) is 1. The van der Waals surface area contributed by atoms with Crippen molar-refractivity contribution in [3.05, 3.63) is 24.3 Å². The molecule has 0 saturated heterocycles. The molecule has 0 unspecified atom stereocenters. The zero-order valence-electron chi connectivity index (χ0n) is 6.73. The van der Waals surface area contributed by atoms with Gasteiger partial charge in [-0.2, -0.15) is 0 Å². The van der Waals surface area contributed by atoms with Crippen LogP contribution in [0.3, 0.4) is 0 Å². The lowest BCUT2D eigenvalue weighted by Crippen LogP contribution is -2.17. The van der Waals surface area contributed by atoms with Gasteiger partial charge in [0.1, 0.15) is 5.71 Å². The van der Waals surface area contributed by atoms with Gasteiger partial charge in [0.15, 0.2) is 0 Å². The number of carboxylic acid groups (broad SMARTS) is 1. The van der Waals surface area contributed by atoms with E-state index in [-0.39, 0.29) is 5.71 Å². The molecule has 0 spiro atoms. The van der Waals surface area contributed by atoms with Crippen LogP contribution in [0, 0.1) is 0 Å². The molecule has 1 aromatic carbocycles. The maximum atomic E-state index is 10.6. The Labute approximate surface area is 79.5 Å². The van der Waals surface area contributed by atoms with Crippen molar-refractivity contribution in [1.29, 1.82) is 0 Å². The molecule has 1 heterocycles. The van der Waals surface area contributed by atoms with Gasteiger partial charge < -0.3 is 5.11 Å². The van der Waals surface area contributed by atoms with Crippen LogP contribution in [0.5, 0.6) is 0 Å². The molecule has 1 aliphatic rings. The van der Waals surface area contributed by atoms with Crippen LogP contribution in [0.2, 0.25) is 0 Å². The van der Waals surface area contributed by atoms with Gasteiger partial charge >= 0.3 is 5.97 Å². The second-order valence-corrected chi connectivity index (χ2v) is 3.64. The summed E-state index contributed by atoms with van der Waals surface area (Å²) in [5.74, 6) is -0.478. The van der Waals surface area contributed by atoms with Crippen molar-refractivity contribution in [3.63, 3.8) is 0 Å². The fourth-order valence-electron chi connectivity index (χ4n) is 1.10. The van der Waals surface area contributed by atoms with E-state index >= 15 is 0 Å². The lowest BCUT2D eigenvalue weighted by atomic mass is 10.3. The number of aliphatic imine (C=N–C) groups is 1. The van der Waals surface area contributed by atoms with Crippen LogP contribution >= 0.6 is 11.8 Å². The Bertz CT molecular complexity index is 387. The topological polar surface area (TPSA) is 49.7 Å². The van der Waals surface area contributed by atoms with Gasteiger partial charge in [0, 0.05) is 10.6 Å². The Balaban J connectivity index is 2.44. The third-order valence-corrected chi connectivity index (χ3v) is 2.81. The van der Waals surface area contributed by atoms with E-state index in [0.29, 0.717) is 5.75 Å². The van der Waals surface area contributed by atoms with Crippen molar-refractivity contribution in [2.45, 2.75) is 4.90 Å². The molecule has 13 heavy (non-hydrogen) atoms. The molecule has 0 bridgehead atoms. The fraction of sp³-hybridized carbons (Fsp3) is 0.111. The molecule has 1 aromatic rings. The number of para-hydroxylation sites is 1. The average Bonchev–Trinajstić information content (AvgIpc) is 2.17. The maximum Gasteiger partial charge on any atom is 0.351 e. The van der Waals surface area contributed by atoms with E-state index in [0.717, 1.165) is 10.6 Å². The first kappa shape index (κ1) is 8.31. The van der Waals surface area contributed by atoms with Crippen molar-refractivity contribution in [2.75, 3.05) is 5.75 Å². The molecule has 0 fully saturated rings. The van der Waals surface area contributed by atoms with Crippen molar-refractivity contribution >= 4 is 29.1 Å². The Morgan fingerprint density at radius 3 is 3.00 bits per heavy atom. The molecule has 66 valence electrons. The van der Waals surface area contributed by atoms with Gasteiger partial charge in [-0.25, -0.2) is 9.79 Å². The normalized spacial score (nSPS) is 14.6. The molecule has 4 heteroatoms. The largest absolute Gasteiger partial charge is 0.477 e. The Kier molecular flexibility index (Phi) is 2.06. The van der Waals surface area contributed by atoms with Crippen LogP contribution in [0.15, 0.2) is 34.2 Å². The summed E-state index contributed by atoms with van der Waals surface area (Å²) >= 11 is 1.51. The second-order valence-electron chi connectivity index (χ2n) is 2.62. The average molecular weight is 193 g/mol. The summed E-state index contributed by atoms with van der Waals surface area (Å²) < 4.78 is 0. The summed E-state index contributed by atoms with van der Waals surface area (Å²) in [7, 11) is 0. The van der Waals surface area contributed by atoms with Gasteiger partial charge in [-0.05, 0) is 12.1 Å². The van der Waals surface area contributed by atoms with Gasteiger partial charge in [-0.15, -0.1) is 11.8 Å². The molecular formula is C9H7NO2S. The minimum absolute atomic E-state index is 0.226. The highest BCUT2D eigenvalue weighted by atomic mass is 32.2. The first-order valence-corrected chi connectivity index (χ1v) is 4.78. The summed E-state index contributed by atoms with van der Waals surface area (Å²) in [6.45, 7) is 0. The molecule has 0 aromatic heterocycles.